The van der Waals surface area contributed by atoms with E-state index in [-0.39, 0.29) is 5.48 Å². The van der Waals surface area contributed by atoms with Gasteiger partial charge in [0.1, 0.15) is 44.5 Å². The first kappa shape index (κ1) is 56.6. The van der Waals surface area contributed by atoms with Crippen molar-refractivity contribution in [1.82, 2.24) is 57.9 Å². The van der Waals surface area contributed by atoms with Crippen LogP contribution in [0.25, 0.3) is 0 Å². The average Bonchev–Trinajstić information content (AvgIpc) is 3.90. The zero-order valence-electron chi connectivity index (χ0n) is 43.5. The molecule has 0 aromatic rings. The first-order chi connectivity index (χ1) is 28.1. The summed E-state index contributed by atoms with van der Waals surface area (Å²) < 4.78 is 35.6. The zero-order chi connectivity index (χ0) is 46.5. The Kier molecular flexibility index (Phi) is 19.5. The minimum Gasteiger partial charge on any atom is -0.870 e. The molecule has 4 atom stereocenters. The van der Waals surface area contributed by atoms with Crippen LogP contribution in [0.2, 0.25) is 0 Å². The Hall–Kier alpha value is 0.310. The molecular weight excluding hydrogens is 875 g/mol. The Labute approximate surface area is 385 Å². The molecule has 4 aliphatic heterocycles. The van der Waals surface area contributed by atoms with E-state index in [1.165, 1.54) is 21.8 Å². The van der Waals surface area contributed by atoms with Gasteiger partial charge in [-0.05, 0) is 219 Å². The van der Waals surface area contributed by atoms with Crippen LogP contribution in [0.15, 0.2) is 19.1 Å². The Balaban J connectivity index is 0.0000102. The van der Waals surface area contributed by atoms with Gasteiger partial charge < -0.3 is 5.48 Å². The van der Waals surface area contributed by atoms with Gasteiger partial charge in [-0.1, -0.05) is 19.1 Å². The lowest BCUT2D eigenvalue weighted by molar-refractivity contribution is 0.0730. The highest BCUT2D eigenvalue weighted by molar-refractivity contribution is 7.82. The molecule has 62 heavy (non-hydrogen) atoms. The van der Waals surface area contributed by atoms with Crippen LogP contribution >= 0.6 is 40.2 Å². The van der Waals surface area contributed by atoms with Gasteiger partial charge in [-0.15, -0.1) is 0 Å². The maximum absolute atomic E-state index is 6.46. The van der Waals surface area contributed by atoms with Crippen molar-refractivity contribution in [1.29, 1.82) is 0 Å². The molecule has 4 aliphatic rings. The molecule has 4 rings (SSSR count). The molecule has 0 spiro atoms. The summed E-state index contributed by atoms with van der Waals surface area (Å²) in [5.41, 5.74) is 2.98. The topological polar surface area (TPSA) is 118 Å². The van der Waals surface area contributed by atoms with Crippen LogP contribution in [0.1, 0.15) is 25.7 Å². The van der Waals surface area contributed by atoms with Gasteiger partial charge in [0.25, 0.3) is 0 Å². The smallest absolute Gasteiger partial charge is 0.495 e. The highest BCUT2D eigenvalue weighted by Gasteiger charge is 2.63. The molecule has 1 N–H and O–H groups in total. The molecule has 4 fully saturated rings. The van der Waals surface area contributed by atoms with Crippen LogP contribution in [-0.4, -0.2) is 302 Å². The molecule has 4 unspecified atom stereocenters. The van der Waals surface area contributed by atoms with Gasteiger partial charge in [0.2, 0.25) is 0 Å². The molecule has 0 aliphatic carbocycles. The Morgan fingerprint density at radius 2 is 0.452 bits per heavy atom. The first-order valence-corrected chi connectivity index (χ1v) is 29.1. The number of hydrogen-bond donors (Lipinski definition) is 0. The normalized spacial score (nSPS) is 29.9. The molecule has 17 nitrogen and oxygen atoms in total. The number of nitrogens with zero attached hydrogens (tertiary/aromatic N) is 16. The summed E-state index contributed by atoms with van der Waals surface area (Å²) in [5.74, 6) is 0. The van der Waals surface area contributed by atoms with E-state index in [0.717, 1.165) is 50.3 Å². The van der Waals surface area contributed by atoms with Crippen molar-refractivity contribution in [3.05, 3.63) is 0 Å². The summed E-state index contributed by atoms with van der Waals surface area (Å²) in [6.07, 6.45) is 8.04. The van der Waals surface area contributed by atoms with Gasteiger partial charge >= 0.3 is 7.87 Å². The van der Waals surface area contributed by atoms with Gasteiger partial charge in [0.05, 0.1) is 0 Å². The van der Waals surface area contributed by atoms with Crippen LogP contribution < -0.4 is 0 Å². The largest absolute Gasteiger partial charge is 0.870 e. The van der Waals surface area contributed by atoms with Crippen molar-refractivity contribution < 1.29 is 5.48 Å². The van der Waals surface area contributed by atoms with Crippen LogP contribution in [0.3, 0.4) is 0 Å². The second-order valence-electron chi connectivity index (χ2n) is 19.5. The molecule has 0 aromatic carbocycles. The Bertz CT molecular complexity index is 1380. The standard InChI is InChI=1S/C40H88N16P5.H2O/c1-45(2)37(46(3)4)25-29-57(53(17)18)33(37)41-61(42-34-38(47(5)6,48(7)8)26-30-58(34)54(19)20,43-35-39(49(9)10,50(11)12)27-31-59(35)55(21)22)44-36-40(51(13)14,52(15)16)28-32-60(36)56(23)24;/h25-32H2,1-24H3;1H2/q+1;/p-1. The van der Waals surface area contributed by atoms with Crippen LogP contribution in [0.5, 0.6) is 0 Å². The van der Waals surface area contributed by atoms with Crippen molar-refractivity contribution in [2.24, 2.45) is 19.1 Å². The van der Waals surface area contributed by atoms with Crippen molar-refractivity contribution in [2.75, 3.05) is 194 Å². The third-order valence-corrected chi connectivity index (χ3v) is 26.6. The lowest BCUT2D eigenvalue weighted by atomic mass is 10.1. The summed E-state index contributed by atoms with van der Waals surface area (Å²) >= 11 is 0. The first-order valence-electron chi connectivity index (χ1n) is 21.6. The summed E-state index contributed by atoms with van der Waals surface area (Å²) in [5, 5.41) is 0. The van der Waals surface area contributed by atoms with Crippen LogP contribution in [0.4, 0.5) is 0 Å². The van der Waals surface area contributed by atoms with E-state index in [0.29, 0.717) is 0 Å². The fourth-order valence-electron chi connectivity index (χ4n) is 10.5. The van der Waals surface area contributed by atoms with Crippen molar-refractivity contribution >= 4 is 62.0 Å². The SMILES string of the molecule is CN(C)P1CCC(N(C)C)(N(C)C)C1=N[P+](N=C1P(N(C)C)CCC1(N(C)C)N(C)C)(N=C1P(N(C)C)CCC1(N(C)C)N(C)C)N=C1P(N(C)C)CCC1(N(C)C)N(C)C.[OH-]. The molecule has 4 saturated heterocycles. The lowest BCUT2D eigenvalue weighted by Crippen LogP contribution is -2.59. The summed E-state index contributed by atoms with van der Waals surface area (Å²) in [7, 11) is 46.9. The van der Waals surface area contributed by atoms with Gasteiger partial charge in [0.15, 0.2) is 0 Å². The predicted molar refractivity (Wildman–Crippen MR) is 279 cm³/mol. The molecule has 0 radical (unpaired) electrons. The predicted octanol–water partition coefficient (Wildman–Crippen LogP) is 4.81. The summed E-state index contributed by atoms with van der Waals surface area (Å²) in [6, 6.07) is 0. The molecule has 0 bridgehead atoms. The van der Waals surface area contributed by atoms with E-state index in [1.807, 2.05) is 0 Å². The second kappa shape index (κ2) is 21.3. The second-order valence-corrected chi connectivity index (χ2v) is 31.3. The maximum Gasteiger partial charge on any atom is 0.495 e. The van der Waals surface area contributed by atoms with E-state index in [4.69, 9.17) is 19.1 Å². The molecule has 4 heterocycles. The molecule has 22 heteroatoms. The molecule has 0 saturated carbocycles. The fourth-order valence-corrected chi connectivity index (χ4v) is 25.2. The maximum atomic E-state index is 6.46. The van der Waals surface area contributed by atoms with Gasteiger partial charge in [-0.3, -0.25) is 57.9 Å². The third kappa shape index (κ3) is 9.65. The van der Waals surface area contributed by atoms with Gasteiger partial charge in [-0.2, -0.15) is 0 Å². The molecular formula is C40H89N16OP5. The number of hydrogen-bond acceptors (Lipinski definition) is 17. The minimum atomic E-state index is -3.54. The van der Waals surface area contributed by atoms with E-state index in [2.05, 4.69) is 227 Å². The van der Waals surface area contributed by atoms with E-state index in [1.54, 1.807) is 0 Å². The average molecular weight is 965 g/mol. The molecule has 0 aromatic heterocycles. The zero-order valence-corrected chi connectivity index (χ0v) is 48.0. The van der Waals surface area contributed by atoms with E-state index < -0.39 is 62.8 Å². The Morgan fingerprint density at radius 3 is 0.565 bits per heavy atom. The van der Waals surface area contributed by atoms with E-state index in [9.17, 15) is 0 Å². The summed E-state index contributed by atoms with van der Waals surface area (Å²) in [4.78, 5) is 19.3. The minimum absolute atomic E-state index is 0. The summed E-state index contributed by atoms with van der Waals surface area (Å²) in [6.45, 7) is 0. The van der Waals surface area contributed by atoms with Crippen molar-refractivity contribution in [3.63, 3.8) is 0 Å². The Morgan fingerprint density at radius 1 is 0.306 bits per heavy atom. The third-order valence-electron chi connectivity index (χ3n) is 13.9. The molecule has 360 valence electrons. The number of rotatable bonds is 16. The van der Waals surface area contributed by atoms with Crippen molar-refractivity contribution in [3.8, 4) is 0 Å². The monoisotopic (exact) mass is 965 g/mol. The van der Waals surface area contributed by atoms with Crippen LogP contribution in [-0.2, 0) is 0 Å². The fraction of sp³-hybridized carbons (Fsp3) is 0.900. The quantitative estimate of drug-likeness (QED) is 0.156. The van der Waals surface area contributed by atoms with Crippen molar-refractivity contribution in [2.45, 2.75) is 48.3 Å². The lowest BCUT2D eigenvalue weighted by Gasteiger charge is -2.44. The highest BCUT2D eigenvalue weighted by Crippen LogP contribution is 2.75. The highest BCUT2D eigenvalue weighted by atomic mass is 31.2. The molecule has 0 amide bonds. The van der Waals surface area contributed by atoms with Gasteiger partial charge in [-0.25, -0.2) is 0 Å². The van der Waals surface area contributed by atoms with E-state index >= 15 is 0 Å². The van der Waals surface area contributed by atoms with Gasteiger partial charge in [0, 0.05) is 32.3 Å². The van der Waals surface area contributed by atoms with Crippen LogP contribution in [0, 0.1) is 0 Å².